The van der Waals surface area contributed by atoms with Crippen molar-refractivity contribution in [3.05, 3.63) is 71.0 Å². The number of nitriles is 1. The smallest absolute Gasteiger partial charge is 0.185 e. The minimum Gasteiger partial charge on any atom is -0.505 e. The lowest BCUT2D eigenvalue weighted by Crippen LogP contribution is -1.94. The lowest BCUT2D eigenvalue weighted by Gasteiger charge is -1.99. The van der Waals surface area contributed by atoms with Gasteiger partial charge in [-0.1, -0.05) is 18.2 Å². The molecule has 0 bridgehead atoms. The summed E-state index contributed by atoms with van der Waals surface area (Å²) < 4.78 is 12.9. The first kappa shape index (κ1) is 13.5. The van der Waals surface area contributed by atoms with Crippen LogP contribution in [0.15, 0.2) is 48.5 Å². The molecule has 20 heavy (non-hydrogen) atoms. The van der Waals surface area contributed by atoms with Crippen LogP contribution in [0.2, 0.25) is 0 Å². The number of phenolic OH excluding ortho intramolecular Hbond substituents is 1. The topological polar surface area (TPSA) is 61.1 Å². The summed E-state index contributed by atoms with van der Waals surface area (Å²) in [6.45, 7) is 0. The highest BCUT2D eigenvalue weighted by atomic mass is 19.1. The monoisotopic (exact) mass is 267 g/mol. The van der Waals surface area contributed by atoms with E-state index >= 15 is 0 Å². The zero-order chi connectivity index (χ0) is 14.5. The Hall–Kier alpha value is -2.93. The van der Waals surface area contributed by atoms with Crippen LogP contribution in [0.3, 0.4) is 0 Å². The number of hydrogen-bond donors (Lipinski definition) is 1. The first-order valence-corrected chi connectivity index (χ1v) is 5.81. The Bertz CT molecular complexity index is 729. The van der Waals surface area contributed by atoms with Gasteiger partial charge in [-0.3, -0.25) is 4.79 Å². The van der Waals surface area contributed by atoms with Gasteiger partial charge in [0.25, 0.3) is 0 Å². The molecular formula is C16H10FNO2. The number of benzene rings is 2. The third kappa shape index (κ3) is 3.09. The van der Waals surface area contributed by atoms with E-state index in [1.165, 1.54) is 12.1 Å². The first-order chi connectivity index (χ1) is 9.60. The van der Waals surface area contributed by atoms with Crippen molar-refractivity contribution < 1.29 is 14.3 Å². The number of halogens is 1. The van der Waals surface area contributed by atoms with E-state index in [0.717, 1.165) is 12.1 Å². The maximum atomic E-state index is 12.9. The van der Waals surface area contributed by atoms with Crippen LogP contribution in [0.25, 0.3) is 6.08 Å². The van der Waals surface area contributed by atoms with E-state index in [1.807, 2.05) is 6.07 Å². The second-order valence-electron chi connectivity index (χ2n) is 4.10. The quantitative estimate of drug-likeness (QED) is 0.685. The molecule has 0 aromatic heterocycles. The zero-order valence-electron chi connectivity index (χ0n) is 10.4. The predicted molar refractivity (Wildman–Crippen MR) is 72.6 cm³/mol. The molecule has 0 saturated heterocycles. The SMILES string of the molecule is N#Cc1cccc(/C=C/C(=O)c2ccc(F)c(O)c2)c1. The molecular weight excluding hydrogens is 257 g/mol. The summed E-state index contributed by atoms with van der Waals surface area (Å²) in [6.07, 6.45) is 2.87. The Morgan fingerprint density at radius 3 is 2.75 bits per heavy atom. The van der Waals surface area contributed by atoms with E-state index in [0.29, 0.717) is 11.1 Å². The number of rotatable bonds is 3. The summed E-state index contributed by atoms with van der Waals surface area (Å²) in [5, 5.41) is 18.0. The molecule has 3 nitrogen and oxygen atoms in total. The van der Waals surface area contributed by atoms with Crippen molar-refractivity contribution in [3.8, 4) is 11.8 Å². The second kappa shape index (κ2) is 5.81. The van der Waals surface area contributed by atoms with Crippen LogP contribution in [0.4, 0.5) is 4.39 Å². The van der Waals surface area contributed by atoms with Gasteiger partial charge >= 0.3 is 0 Å². The molecule has 0 aliphatic rings. The van der Waals surface area contributed by atoms with Crippen molar-refractivity contribution in [2.75, 3.05) is 0 Å². The number of ketones is 1. The number of carbonyl (C=O) groups is 1. The molecule has 0 radical (unpaired) electrons. The molecule has 2 aromatic carbocycles. The third-order valence-corrected chi connectivity index (χ3v) is 2.67. The molecule has 0 aliphatic carbocycles. The Balaban J connectivity index is 2.20. The zero-order valence-corrected chi connectivity index (χ0v) is 10.4. The van der Waals surface area contributed by atoms with E-state index in [2.05, 4.69) is 0 Å². The summed E-state index contributed by atoms with van der Waals surface area (Å²) in [5.41, 5.74) is 1.40. The number of aromatic hydroxyl groups is 1. The van der Waals surface area contributed by atoms with E-state index in [4.69, 9.17) is 5.26 Å². The highest BCUT2D eigenvalue weighted by Gasteiger charge is 2.06. The van der Waals surface area contributed by atoms with Gasteiger partial charge in [0.1, 0.15) is 0 Å². The number of nitrogens with zero attached hydrogens (tertiary/aromatic N) is 1. The minimum atomic E-state index is -0.771. The number of carbonyl (C=O) groups excluding carboxylic acids is 1. The normalized spacial score (nSPS) is 10.4. The summed E-state index contributed by atoms with van der Waals surface area (Å²) in [7, 11) is 0. The Kier molecular flexibility index (Phi) is 3.92. The van der Waals surface area contributed by atoms with Gasteiger partial charge in [0.2, 0.25) is 0 Å². The Morgan fingerprint density at radius 1 is 1.25 bits per heavy atom. The van der Waals surface area contributed by atoms with Gasteiger partial charge in [-0.2, -0.15) is 5.26 Å². The maximum Gasteiger partial charge on any atom is 0.185 e. The molecule has 0 aliphatic heterocycles. The van der Waals surface area contributed by atoms with Crippen LogP contribution >= 0.6 is 0 Å². The van der Waals surface area contributed by atoms with Gasteiger partial charge in [0, 0.05) is 5.56 Å². The highest BCUT2D eigenvalue weighted by molar-refractivity contribution is 6.07. The fourth-order valence-corrected chi connectivity index (χ4v) is 1.65. The highest BCUT2D eigenvalue weighted by Crippen LogP contribution is 2.17. The van der Waals surface area contributed by atoms with Crippen molar-refractivity contribution in [3.63, 3.8) is 0 Å². The van der Waals surface area contributed by atoms with Crippen LogP contribution < -0.4 is 0 Å². The standard InChI is InChI=1S/C16H10FNO2/c17-14-6-5-13(9-16(14)20)15(19)7-4-11-2-1-3-12(8-11)10-18/h1-9,20H/b7-4+. The van der Waals surface area contributed by atoms with Crippen molar-refractivity contribution >= 4 is 11.9 Å². The molecule has 98 valence electrons. The third-order valence-electron chi connectivity index (χ3n) is 2.67. The minimum absolute atomic E-state index is 0.191. The lowest BCUT2D eigenvalue weighted by molar-refractivity contribution is 0.104. The van der Waals surface area contributed by atoms with Crippen molar-refractivity contribution in [2.24, 2.45) is 0 Å². The lowest BCUT2D eigenvalue weighted by atomic mass is 10.1. The van der Waals surface area contributed by atoms with Crippen molar-refractivity contribution in [1.29, 1.82) is 5.26 Å². The molecule has 0 saturated carbocycles. The summed E-state index contributed by atoms with van der Waals surface area (Å²) in [4.78, 5) is 11.9. The molecule has 2 rings (SSSR count). The van der Waals surface area contributed by atoms with Crippen LogP contribution in [-0.4, -0.2) is 10.9 Å². The number of allylic oxidation sites excluding steroid dienone is 1. The average Bonchev–Trinajstić information content (AvgIpc) is 2.47. The van der Waals surface area contributed by atoms with Crippen LogP contribution in [0, 0.1) is 17.1 Å². The summed E-state index contributed by atoms with van der Waals surface area (Å²) >= 11 is 0. The average molecular weight is 267 g/mol. The van der Waals surface area contributed by atoms with E-state index in [1.54, 1.807) is 30.3 Å². The van der Waals surface area contributed by atoms with Gasteiger partial charge in [0.05, 0.1) is 11.6 Å². The van der Waals surface area contributed by atoms with Crippen LogP contribution in [0.5, 0.6) is 5.75 Å². The van der Waals surface area contributed by atoms with Crippen LogP contribution in [-0.2, 0) is 0 Å². The fourth-order valence-electron chi connectivity index (χ4n) is 1.65. The van der Waals surface area contributed by atoms with E-state index in [9.17, 15) is 14.3 Å². The van der Waals surface area contributed by atoms with E-state index < -0.39 is 11.6 Å². The molecule has 0 heterocycles. The fraction of sp³-hybridized carbons (Fsp3) is 0. The molecule has 4 heteroatoms. The number of hydrogen-bond acceptors (Lipinski definition) is 3. The van der Waals surface area contributed by atoms with E-state index in [-0.39, 0.29) is 11.3 Å². The van der Waals surface area contributed by atoms with Gasteiger partial charge in [-0.25, -0.2) is 4.39 Å². The van der Waals surface area contributed by atoms with Crippen LogP contribution in [0.1, 0.15) is 21.5 Å². The molecule has 2 aromatic rings. The van der Waals surface area contributed by atoms with Crippen molar-refractivity contribution in [2.45, 2.75) is 0 Å². The van der Waals surface area contributed by atoms with Gasteiger partial charge in [-0.05, 0) is 42.0 Å². The Labute approximate surface area is 115 Å². The molecule has 1 N–H and O–H groups in total. The summed E-state index contributed by atoms with van der Waals surface area (Å²) in [6, 6.07) is 12.2. The largest absolute Gasteiger partial charge is 0.505 e. The molecule has 0 amide bonds. The maximum absolute atomic E-state index is 12.9. The summed E-state index contributed by atoms with van der Waals surface area (Å²) in [5.74, 6) is -1.69. The van der Waals surface area contributed by atoms with Gasteiger partial charge in [-0.15, -0.1) is 0 Å². The Morgan fingerprint density at radius 2 is 2.05 bits per heavy atom. The van der Waals surface area contributed by atoms with Crippen molar-refractivity contribution in [1.82, 2.24) is 0 Å². The molecule has 0 spiro atoms. The first-order valence-electron chi connectivity index (χ1n) is 5.81. The molecule has 0 atom stereocenters. The molecule has 0 unspecified atom stereocenters. The predicted octanol–water partition coefficient (Wildman–Crippen LogP) is 3.30. The second-order valence-corrected chi connectivity index (χ2v) is 4.10. The molecule has 0 fully saturated rings. The van der Waals surface area contributed by atoms with Gasteiger partial charge < -0.3 is 5.11 Å². The van der Waals surface area contributed by atoms with Gasteiger partial charge in [0.15, 0.2) is 17.3 Å². The number of phenols is 1.